The van der Waals surface area contributed by atoms with Gasteiger partial charge >= 0.3 is 18.0 Å². The minimum Gasteiger partial charge on any atom is -0.481 e. The summed E-state index contributed by atoms with van der Waals surface area (Å²) in [6.45, 7) is 0. The second-order valence-electron chi connectivity index (χ2n) is 6.02. The molecule has 15 heteroatoms. The summed E-state index contributed by atoms with van der Waals surface area (Å²) in [5.74, 6) is -3.96. The van der Waals surface area contributed by atoms with E-state index in [1.807, 2.05) is 0 Å². The third kappa shape index (κ3) is 6.41. The first kappa shape index (κ1) is 22.6. The van der Waals surface area contributed by atoms with Gasteiger partial charge in [0.15, 0.2) is 11.5 Å². The first-order valence-electron chi connectivity index (χ1n) is 8.51. The minimum absolute atomic E-state index is 0.133. The van der Waals surface area contributed by atoms with Crippen molar-refractivity contribution in [1.82, 2.24) is 20.3 Å². The monoisotopic (exact) mass is 434 g/mol. The number of H-pyrrole nitrogens is 1. The predicted octanol–water partition coefficient (Wildman–Crippen LogP) is -0.979. The van der Waals surface area contributed by atoms with Gasteiger partial charge in [-0.3, -0.25) is 24.7 Å². The van der Waals surface area contributed by atoms with Crippen LogP contribution in [0.5, 0.6) is 0 Å². The zero-order valence-corrected chi connectivity index (χ0v) is 15.7. The van der Waals surface area contributed by atoms with E-state index in [0.717, 1.165) is 6.20 Å². The van der Waals surface area contributed by atoms with Crippen molar-refractivity contribution in [3.05, 3.63) is 34.4 Å². The molecule has 2 rings (SSSR count). The summed E-state index contributed by atoms with van der Waals surface area (Å²) >= 11 is 0. The van der Waals surface area contributed by atoms with Gasteiger partial charge in [-0.05, 0) is 18.6 Å². The zero-order valence-electron chi connectivity index (χ0n) is 15.7. The maximum atomic E-state index is 12.1. The molecule has 10 N–H and O–H groups in total. The number of amides is 3. The van der Waals surface area contributed by atoms with Gasteiger partial charge in [0.25, 0.3) is 11.5 Å². The van der Waals surface area contributed by atoms with Crippen LogP contribution in [0.25, 0.3) is 0 Å². The van der Waals surface area contributed by atoms with Gasteiger partial charge in [0.1, 0.15) is 11.7 Å². The number of carbonyl (C=O) groups is 4. The third-order valence-corrected chi connectivity index (χ3v) is 3.71. The number of hydrogen-bond acceptors (Lipinski definition) is 9. The Bertz CT molecular complexity index is 1070. The summed E-state index contributed by atoms with van der Waals surface area (Å²) in [6.07, 6.45) is 0.355. The number of nitrogens with zero attached hydrogens (tertiary/aromatic N) is 2. The molecule has 0 aliphatic heterocycles. The Balaban J connectivity index is 2.00. The quantitative estimate of drug-likeness (QED) is 0.250. The molecule has 0 saturated carbocycles. The molecular formula is C16H18N8O7. The second-order valence-corrected chi connectivity index (χ2v) is 6.02. The van der Waals surface area contributed by atoms with E-state index in [1.54, 1.807) is 0 Å². The van der Waals surface area contributed by atoms with E-state index >= 15 is 0 Å². The van der Waals surface area contributed by atoms with Crippen molar-refractivity contribution >= 4 is 47.0 Å². The highest BCUT2D eigenvalue weighted by atomic mass is 16.4. The molecule has 15 nitrogen and oxygen atoms in total. The average Bonchev–Trinajstić information content (AvgIpc) is 2.68. The number of aromatic nitrogens is 3. The van der Waals surface area contributed by atoms with Crippen molar-refractivity contribution in [2.75, 3.05) is 22.1 Å². The highest BCUT2D eigenvalue weighted by molar-refractivity contribution is 6.01. The second kappa shape index (κ2) is 9.68. The number of pyridine rings is 1. The fourth-order valence-corrected chi connectivity index (χ4v) is 2.26. The molecule has 0 bridgehead atoms. The molecule has 2 aromatic rings. The molecule has 3 amide bonds. The van der Waals surface area contributed by atoms with Gasteiger partial charge in [-0.15, -0.1) is 0 Å². The van der Waals surface area contributed by atoms with E-state index < -0.39 is 41.9 Å². The maximum Gasteiger partial charge on any atom is 0.326 e. The van der Waals surface area contributed by atoms with Crippen LogP contribution in [0.2, 0.25) is 0 Å². The molecule has 164 valence electrons. The Morgan fingerprint density at radius 2 is 1.84 bits per heavy atom. The first-order chi connectivity index (χ1) is 14.6. The molecule has 0 saturated heterocycles. The smallest absolute Gasteiger partial charge is 0.326 e. The lowest BCUT2D eigenvalue weighted by Crippen LogP contribution is -2.41. The molecule has 1 unspecified atom stereocenters. The Kier molecular flexibility index (Phi) is 7.06. The lowest BCUT2D eigenvalue weighted by Gasteiger charge is -2.13. The number of nitrogen functional groups attached to an aromatic ring is 2. The fraction of sp³-hybridized carbons (Fsp3) is 0.188. The van der Waals surface area contributed by atoms with Crippen molar-refractivity contribution in [1.29, 1.82) is 0 Å². The summed E-state index contributed by atoms with van der Waals surface area (Å²) in [6, 6.07) is 0.226. The van der Waals surface area contributed by atoms with Crippen molar-refractivity contribution in [2.24, 2.45) is 0 Å². The Labute approximate surface area is 172 Å². The number of hydrogen-bond donors (Lipinski definition) is 8. The van der Waals surface area contributed by atoms with E-state index in [2.05, 4.69) is 30.9 Å². The Morgan fingerprint density at radius 3 is 2.39 bits per heavy atom. The normalized spacial score (nSPS) is 11.2. The summed E-state index contributed by atoms with van der Waals surface area (Å²) in [5.41, 5.74) is 9.73. The lowest BCUT2D eigenvalue weighted by atomic mass is 10.1. The topological polar surface area (TPSA) is 256 Å². The standard InChI is InChI=1S/C16H18N8O7/c17-11-10(13(28)24-15(18)23-11)22-16(31)20-6-1-2-7(19-5-6)12(27)21-8(14(29)30)3-4-9(25)26/h1-2,5,8H,3-4H2,(H,21,27)(H,25,26)(H,29,30)(H2,20,22,31)(H5,17,18,23,24,28). The van der Waals surface area contributed by atoms with Crippen LogP contribution in [-0.2, 0) is 9.59 Å². The first-order valence-corrected chi connectivity index (χ1v) is 8.51. The van der Waals surface area contributed by atoms with Crippen LogP contribution < -0.4 is 33.0 Å². The van der Waals surface area contributed by atoms with Gasteiger partial charge in [-0.1, -0.05) is 0 Å². The van der Waals surface area contributed by atoms with Gasteiger partial charge in [0, 0.05) is 6.42 Å². The molecule has 0 aliphatic rings. The number of nitrogens with two attached hydrogens (primary N) is 2. The molecule has 31 heavy (non-hydrogen) atoms. The number of carboxylic acids is 2. The molecule has 2 heterocycles. The lowest BCUT2D eigenvalue weighted by molar-refractivity contribution is -0.140. The van der Waals surface area contributed by atoms with Crippen molar-refractivity contribution < 1.29 is 29.4 Å². The van der Waals surface area contributed by atoms with Crippen molar-refractivity contribution in [3.63, 3.8) is 0 Å². The number of aliphatic carboxylic acids is 2. The van der Waals surface area contributed by atoms with Crippen molar-refractivity contribution in [2.45, 2.75) is 18.9 Å². The number of aromatic amines is 1. The van der Waals surface area contributed by atoms with E-state index in [0.29, 0.717) is 0 Å². The van der Waals surface area contributed by atoms with Crippen LogP contribution in [0.15, 0.2) is 23.1 Å². The highest BCUT2D eigenvalue weighted by Gasteiger charge is 2.22. The molecular weight excluding hydrogens is 416 g/mol. The van der Waals surface area contributed by atoms with E-state index in [1.165, 1.54) is 12.1 Å². The molecule has 1 atom stereocenters. The van der Waals surface area contributed by atoms with Gasteiger partial charge in [-0.2, -0.15) is 4.98 Å². The third-order valence-electron chi connectivity index (χ3n) is 3.71. The highest BCUT2D eigenvalue weighted by Crippen LogP contribution is 2.12. The summed E-state index contributed by atoms with van der Waals surface area (Å²) in [5, 5.41) is 24.4. The minimum atomic E-state index is -1.41. The number of anilines is 4. The fourth-order valence-electron chi connectivity index (χ4n) is 2.26. The maximum absolute atomic E-state index is 12.1. The van der Waals surface area contributed by atoms with E-state index in [-0.39, 0.29) is 35.3 Å². The molecule has 0 aliphatic carbocycles. The number of nitrogens with one attached hydrogen (secondary N) is 4. The summed E-state index contributed by atoms with van der Waals surface area (Å²) < 4.78 is 0. The molecule has 2 aromatic heterocycles. The average molecular weight is 434 g/mol. The van der Waals surface area contributed by atoms with Crippen LogP contribution in [0.1, 0.15) is 23.3 Å². The van der Waals surface area contributed by atoms with E-state index in [4.69, 9.17) is 21.7 Å². The van der Waals surface area contributed by atoms with Crippen LogP contribution in [0.4, 0.5) is 27.9 Å². The zero-order chi connectivity index (χ0) is 23.1. The molecule has 0 radical (unpaired) electrons. The van der Waals surface area contributed by atoms with Gasteiger partial charge in [0.05, 0.1) is 11.9 Å². The van der Waals surface area contributed by atoms with Gasteiger partial charge in [0.2, 0.25) is 5.95 Å². The van der Waals surface area contributed by atoms with Crippen LogP contribution in [0, 0.1) is 0 Å². The predicted molar refractivity (Wildman–Crippen MR) is 106 cm³/mol. The molecule has 0 spiro atoms. The Morgan fingerprint density at radius 1 is 1.13 bits per heavy atom. The van der Waals surface area contributed by atoms with E-state index in [9.17, 15) is 24.0 Å². The molecule has 0 fully saturated rings. The largest absolute Gasteiger partial charge is 0.481 e. The SMILES string of the molecule is Nc1nc(N)c(NC(=O)Nc2ccc(C(=O)NC(CCC(=O)O)C(=O)O)nc2)c(=O)[nH]1. The Hall–Kier alpha value is -4.69. The number of carboxylic acid groups (broad SMARTS) is 2. The van der Waals surface area contributed by atoms with Gasteiger partial charge in [-0.25, -0.2) is 14.6 Å². The number of urea groups is 1. The summed E-state index contributed by atoms with van der Waals surface area (Å²) in [7, 11) is 0. The van der Waals surface area contributed by atoms with Gasteiger partial charge < -0.3 is 32.3 Å². The number of rotatable bonds is 8. The van der Waals surface area contributed by atoms with Crippen LogP contribution >= 0.6 is 0 Å². The van der Waals surface area contributed by atoms with Crippen LogP contribution in [0.3, 0.4) is 0 Å². The molecule has 0 aromatic carbocycles. The number of carbonyl (C=O) groups excluding carboxylic acids is 2. The van der Waals surface area contributed by atoms with Crippen LogP contribution in [-0.4, -0.2) is 55.1 Å². The summed E-state index contributed by atoms with van der Waals surface area (Å²) in [4.78, 5) is 67.2. The van der Waals surface area contributed by atoms with Crippen molar-refractivity contribution in [3.8, 4) is 0 Å².